The Hall–Kier alpha value is -0.120. The van der Waals surface area contributed by atoms with Gasteiger partial charge in [0.15, 0.2) is 0 Å². The molecule has 2 N–H and O–H groups in total. The van der Waals surface area contributed by atoms with Crippen molar-refractivity contribution in [1.29, 1.82) is 0 Å². The summed E-state index contributed by atoms with van der Waals surface area (Å²) in [4.78, 5) is 2.44. The first-order chi connectivity index (χ1) is 7.59. The average molecular weight is 228 g/mol. The number of β-amino-alcohol motifs (C(OH)–C–C–N with tert-alkyl or cyclic N) is 1. The summed E-state index contributed by atoms with van der Waals surface area (Å²) >= 11 is 0. The highest BCUT2D eigenvalue weighted by Crippen LogP contribution is 2.16. The molecule has 0 amide bonds. The molecule has 0 aromatic rings. The normalized spacial score (nSPS) is 25.7. The van der Waals surface area contributed by atoms with E-state index in [1.165, 1.54) is 25.7 Å². The van der Waals surface area contributed by atoms with E-state index in [0.29, 0.717) is 18.6 Å². The molecule has 3 nitrogen and oxygen atoms in total. The second-order valence-corrected chi connectivity index (χ2v) is 5.41. The summed E-state index contributed by atoms with van der Waals surface area (Å²) < 4.78 is 0. The van der Waals surface area contributed by atoms with Crippen molar-refractivity contribution in [3.63, 3.8) is 0 Å². The van der Waals surface area contributed by atoms with Crippen LogP contribution >= 0.6 is 0 Å². The molecule has 0 bridgehead atoms. The highest BCUT2D eigenvalue weighted by atomic mass is 16.3. The summed E-state index contributed by atoms with van der Waals surface area (Å²) in [5.41, 5.74) is 0. The van der Waals surface area contributed by atoms with Gasteiger partial charge in [0.2, 0.25) is 0 Å². The van der Waals surface area contributed by atoms with E-state index in [4.69, 9.17) is 0 Å². The number of aliphatic hydroxyl groups is 1. The molecule has 0 aromatic carbocycles. The van der Waals surface area contributed by atoms with Crippen LogP contribution in [0.4, 0.5) is 0 Å². The van der Waals surface area contributed by atoms with Gasteiger partial charge < -0.3 is 10.4 Å². The Labute approximate surface area is 100 Å². The first kappa shape index (κ1) is 13.9. The monoisotopic (exact) mass is 228 g/mol. The summed E-state index contributed by atoms with van der Waals surface area (Å²) in [5.74, 6) is 0. The van der Waals surface area contributed by atoms with Crippen molar-refractivity contribution in [2.24, 2.45) is 0 Å². The molecule has 1 aliphatic heterocycles. The zero-order valence-electron chi connectivity index (χ0n) is 11.1. The maximum Gasteiger partial charge on any atom is 0.0791 e. The zero-order valence-corrected chi connectivity index (χ0v) is 11.1. The molecule has 1 saturated heterocycles. The lowest BCUT2D eigenvalue weighted by atomic mass is 10.1. The van der Waals surface area contributed by atoms with Gasteiger partial charge in [-0.15, -0.1) is 0 Å². The topological polar surface area (TPSA) is 35.5 Å². The summed E-state index contributed by atoms with van der Waals surface area (Å²) in [6, 6.07) is 1.09. The third-order valence-electron chi connectivity index (χ3n) is 3.40. The minimum absolute atomic E-state index is 0.233. The number of likely N-dealkylation sites (tertiary alicyclic amines) is 1. The van der Waals surface area contributed by atoms with Gasteiger partial charge in [-0.3, -0.25) is 4.90 Å². The predicted molar refractivity (Wildman–Crippen MR) is 68.6 cm³/mol. The second-order valence-electron chi connectivity index (χ2n) is 5.41. The summed E-state index contributed by atoms with van der Waals surface area (Å²) in [5, 5.41) is 13.2. The molecule has 1 fully saturated rings. The minimum atomic E-state index is -0.233. The molecule has 3 heteroatoms. The third-order valence-corrected chi connectivity index (χ3v) is 3.40. The molecule has 0 radical (unpaired) electrons. The molecule has 0 aromatic heterocycles. The van der Waals surface area contributed by atoms with Crippen molar-refractivity contribution < 1.29 is 5.11 Å². The quantitative estimate of drug-likeness (QED) is 0.750. The number of nitrogens with zero attached hydrogens (tertiary/aromatic N) is 1. The van der Waals surface area contributed by atoms with E-state index in [9.17, 15) is 5.11 Å². The molecule has 1 aliphatic rings. The van der Waals surface area contributed by atoms with E-state index in [2.05, 4.69) is 31.0 Å². The molecule has 16 heavy (non-hydrogen) atoms. The summed E-state index contributed by atoms with van der Waals surface area (Å²) in [7, 11) is 0. The number of nitrogens with one attached hydrogen (secondary N) is 1. The molecule has 1 rings (SSSR count). The Balaban J connectivity index is 2.27. The first-order valence-electron chi connectivity index (χ1n) is 6.75. The first-order valence-corrected chi connectivity index (χ1v) is 6.75. The Morgan fingerprint density at radius 3 is 2.75 bits per heavy atom. The molecule has 0 aliphatic carbocycles. The average Bonchev–Trinajstić information content (AvgIpc) is 2.42. The largest absolute Gasteiger partial charge is 0.390 e. The van der Waals surface area contributed by atoms with Crippen molar-refractivity contribution in [3.05, 3.63) is 0 Å². The van der Waals surface area contributed by atoms with Gasteiger partial charge in [-0.05, 0) is 26.3 Å². The zero-order chi connectivity index (χ0) is 12.0. The molecule has 0 spiro atoms. The van der Waals surface area contributed by atoms with Crippen LogP contribution in [0.2, 0.25) is 0 Å². The Morgan fingerprint density at radius 1 is 1.31 bits per heavy atom. The number of hydrogen-bond donors (Lipinski definition) is 2. The van der Waals surface area contributed by atoms with Crippen LogP contribution in [-0.4, -0.2) is 47.8 Å². The van der Waals surface area contributed by atoms with E-state index in [1.807, 2.05) is 0 Å². The third kappa shape index (κ3) is 5.28. The Kier molecular flexibility index (Phi) is 6.32. The van der Waals surface area contributed by atoms with Crippen LogP contribution in [0.5, 0.6) is 0 Å². The van der Waals surface area contributed by atoms with Crippen LogP contribution in [0.3, 0.4) is 0 Å². The van der Waals surface area contributed by atoms with Crippen LogP contribution in [0.1, 0.15) is 46.5 Å². The van der Waals surface area contributed by atoms with Gasteiger partial charge in [0.1, 0.15) is 0 Å². The van der Waals surface area contributed by atoms with Crippen molar-refractivity contribution in [3.8, 4) is 0 Å². The van der Waals surface area contributed by atoms with E-state index in [1.54, 1.807) is 0 Å². The van der Waals surface area contributed by atoms with Crippen molar-refractivity contribution in [1.82, 2.24) is 10.2 Å². The lowest BCUT2D eigenvalue weighted by Gasteiger charge is -2.29. The Morgan fingerprint density at radius 2 is 2.06 bits per heavy atom. The summed E-state index contributed by atoms with van der Waals surface area (Å²) in [6.45, 7) is 9.19. The second kappa shape index (κ2) is 7.25. The van der Waals surface area contributed by atoms with Gasteiger partial charge in [-0.2, -0.15) is 0 Å². The number of hydrogen-bond acceptors (Lipinski definition) is 3. The van der Waals surface area contributed by atoms with Crippen LogP contribution in [0, 0.1) is 0 Å². The highest BCUT2D eigenvalue weighted by molar-refractivity contribution is 4.75. The van der Waals surface area contributed by atoms with Gasteiger partial charge in [0.05, 0.1) is 6.10 Å². The fourth-order valence-electron chi connectivity index (χ4n) is 2.31. The van der Waals surface area contributed by atoms with Gasteiger partial charge >= 0.3 is 0 Å². The fraction of sp³-hybridized carbons (Fsp3) is 1.00. The van der Waals surface area contributed by atoms with E-state index < -0.39 is 0 Å². The van der Waals surface area contributed by atoms with Crippen LogP contribution in [-0.2, 0) is 0 Å². The van der Waals surface area contributed by atoms with E-state index in [-0.39, 0.29) is 6.10 Å². The standard InChI is InChI=1S/C13H28N2O/c1-11(2)14-9-13(16)10-15-8-6-4-5-7-12(15)3/h11-14,16H,4-10H2,1-3H3. The lowest BCUT2D eigenvalue weighted by Crippen LogP contribution is -2.43. The maximum atomic E-state index is 9.96. The van der Waals surface area contributed by atoms with Gasteiger partial charge in [-0.25, -0.2) is 0 Å². The lowest BCUT2D eigenvalue weighted by molar-refractivity contribution is 0.0906. The molecule has 2 unspecified atom stereocenters. The molecule has 1 heterocycles. The van der Waals surface area contributed by atoms with E-state index in [0.717, 1.165) is 13.1 Å². The van der Waals surface area contributed by atoms with E-state index >= 15 is 0 Å². The highest BCUT2D eigenvalue weighted by Gasteiger charge is 2.19. The minimum Gasteiger partial charge on any atom is -0.390 e. The van der Waals surface area contributed by atoms with Crippen molar-refractivity contribution in [2.75, 3.05) is 19.6 Å². The summed E-state index contributed by atoms with van der Waals surface area (Å²) in [6.07, 6.45) is 5.03. The van der Waals surface area contributed by atoms with Crippen molar-refractivity contribution in [2.45, 2.75) is 64.6 Å². The molecular weight excluding hydrogens is 200 g/mol. The van der Waals surface area contributed by atoms with Crippen molar-refractivity contribution >= 4 is 0 Å². The van der Waals surface area contributed by atoms with Gasteiger partial charge in [0.25, 0.3) is 0 Å². The molecule has 2 atom stereocenters. The molecule has 96 valence electrons. The van der Waals surface area contributed by atoms with Crippen LogP contribution in [0.25, 0.3) is 0 Å². The molecular formula is C13H28N2O. The number of aliphatic hydroxyl groups excluding tert-OH is 1. The molecule has 0 saturated carbocycles. The fourth-order valence-corrected chi connectivity index (χ4v) is 2.31. The smallest absolute Gasteiger partial charge is 0.0791 e. The van der Waals surface area contributed by atoms with Gasteiger partial charge in [0, 0.05) is 25.2 Å². The maximum absolute atomic E-state index is 9.96. The van der Waals surface area contributed by atoms with Gasteiger partial charge in [-0.1, -0.05) is 26.7 Å². The number of rotatable bonds is 5. The Bertz CT molecular complexity index is 185. The SMILES string of the molecule is CC(C)NCC(O)CN1CCCCCC1C. The van der Waals surface area contributed by atoms with Crippen LogP contribution < -0.4 is 5.32 Å². The van der Waals surface area contributed by atoms with Crippen LogP contribution in [0.15, 0.2) is 0 Å². The predicted octanol–water partition coefficient (Wildman–Crippen LogP) is 1.61.